The van der Waals surface area contributed by atoms with Crippen molar-refractivity contribution in [2.24, 2.45) is 0 Å². The van der Waals surface area contributed by atoms with Gasteiger partial charge in [-0.1, -0.05) is 41.9 Å². The third-order valence-electron chi connectivity index (χ3n) is 5.03. The van der Waals surface area contributed by atoms with Gasteiger partial charge in [0.15, 0.2) is 0 Å². The molecule has 1 aromatic heterocycles. The molecule has 5 nitrogen and oxygen atoms in total. The van der Waals surface area contributed by atoms with E-state index in [1.54, 1.807) is 40.3 Å². The second-order valence-electron chi connectivity index (χ2n) is 6.86. The highest BCUT2D eigenvalue weighted by Crippen LogP contribution is 2.21. The van der Waals surface area contributed by atoms with Crippen molar-refractivity contribution in [3.05, 3.63) is 89.1 Å². The highest BCUT2D eigenvalue weighted by atomic mass is 35.5. The molecule has 0 unspecified atom stereocenters. The SMILES string of the molecule is O=C(c1cccc(-c2ccccn2)c1)N1CCN(C(=O)c2ccccc2Cl)CC1. The molecule has 146 valence electrons. The summed E-state index contributed by atoms with van der Waals surface area (Å²) in [5, 5.41) is 0.447. The number of aromatic nitrogens is 1. The lowest BCUT2D eigenvalue weighted by Gasteiger charge is -2.35. The second-order valence-corrected chi connectivity index (χ2v) is 7.27. The van der Waals surface area contributed by atoms with Gasteiger partial charge in [0.25, 0.3) is 11.8 Å². The van der Waals surface area contributed by atoms with Crippen molar-refractivity contribution < 1.29 is 9.59 Å². The Balaban J connectivity index is 1.43. The Kier molecular flexibility index (Phi) is 5.58. The zero-order valence-electron chi connectivity index (χ0n) is 15.8. The summed E-state index contributed by atoms with van der Waals surface area (Å²) >= 11 is 6.15. The predicted molar refractivity (Wildman–Crippen MR) is 113 cm³/mol. The lowest BCUT2D eigenvalue weighted by atomic mass is 10.1. The molecule has 0 aliphatic carbocycles. The molecule has 0 spiro atoms. The molecule has 0 atom stereocenters. The summed E-state index contributed by atoms with van der Waals surface area (Å²) in [4.78, 5) is 33.5. The lowest BCUT2D eigenvalue weighted by Crippen LogP contribution is -2.50. The standard InChI is InChI=1S/C23H20ClN3O2/c24-20-9-2-1-8-19(20)23(29)27-14-12-26(13-15-27)22(28)18-7-5-6-17(16-18)21-10-3-4-11-25-21/h1-11,16H,12-15H2. The summed E-state index contributed by atoms with van der Waals surface area (Å²) in [6.45, 7) is 1.94. The number of hydrogen-bond donors (Lipinski definition) is 0. The first-order chi connectivity index (χ1) is 14.1. The highest BCUT2D eigenvalue weighted by Gasteiger charge is 2.26. The molecule has 0 bridgehead atoms. The summed E-state index contributed by atoms with van der Waals surface area (Å²) in [5.41, 5.74) is 2.86. The summed E-state index contributed by atoms with van der Waals surface area (Å²) in [7, 11) is 0. The van der Waals surface area contributed by atoms with E-state index >= 15 is 0 Å². The monoisotopic (exact) mass is 405 g/mol. The van der Waals surface area contributed by atoms with Crippen molar-refractivity contribution in [3.8, 4) is 11.3 Å². The van der Waals surface area contributed by atoms with E-state index in [0.717, 1.165) is 11.3 Å². The summed E-state index contributed by atoms with van der Waals surface area (Å²) < 4.78 is 0. The van der Waals surface area contributed by atoms with Crippen LogP contribution in [0.15, 0.2) is 72.9 Å². The maximum absolute atomic E-state index is 13.0. The minimum atomic E-state index is -0.0974. The van der Waals surface area contributed by atoms with E-state index in [0.29, 0.717) is 42.3 Å². The van der Waals surface area contributed by atoms with Crippen LogP contribution >= 0.6 is 11.6 Å². The minimum absolute atomic E-state index is 0.0346. The number of rotatable bonds is 3. The molecule has 1 aliphatic rings. The van der Waals surface area contributed by atoms with E-state index < -0.39 is 0 Å². The lowest BCUT2D eigenvalue weighted by molar-refractivity contribution is 0.0535. The molecule has 0 N–H and O–H groups in total. The van der Waals surface area contributed by atoms with E-state index in [1.165, 1.54) is 0 Å². The number of carbonyl (C=O) groups excluding carboxylic acids is 2. The molecule has 6 heteroatoms. The molecule has 1 fully saturated rings. The average molecular weight is 406 g/mol. The van der Waals surface area contributed by atoms with Crippen LogP contribution in [-0.4, -0.2) is 52.8 Å². The van der Waals surface area contributed by atoms with E-state index in [9.17, 15) is 9.59 Å². The van der Waals surface area contributed by atoms with Crippen LogP contribution in [0.3, 0.4) is 0 Å². The number of amides is 2. The first-order valence-electron chi connectivity index (χ1n) is 9.48. The molecule has 0 radical (unpaired) electrons. The molecule has 1 saturated heterocycles. The third kappa shape index (κ3) is 4.15. The number of benzene rings is 2. The number of piperazine rings is 1. The van der Waals surface area contributed by atoms with Crippen molar-refractivity contribution in [2.45, 2.75) is 0 Å². The molecule has 2 heterocycles. The first-order valence-corrected chi connectivity index (χ1v) is 9.86. The molecule has 3 aromatic rings. The molecule has 0 saturated carbocycles. The molecule has 2 aromatic carbocycles. The van der Waals surface area contributed by atoms with Gasteiger partial charge in [-0.05, 0) is 36.4 Å². The Morgan fingerprint density at radius 2 is 1.48 bits per heavy atom. The normalized spacial score (nSPS) is 14.0. The van der Waals surface area contributed by atoms with Crippen molar-refractivity contribution >= 4 is 23.4 Å². The van der Waals surface area contributed by atoms with Crippen LogP contribution in [0.4, 0.5) is 0 Å². The largest absolute Gasteiger partial charge is 0.335 e. The molecule has 1 aliphatic heterocycles. The fourth-order valence-electron chi connectivity index (χ4n) is 3.45. The Bertz CT molecular complexity index is 1030. The first kappa shape index (κ1) is 19.2. The van der Waals surface area contributed by atoms with Crippen LogP contribution < -0.4 is 0 Å². The maximum atomic E-state index is 13.0. The van der Waals surface area contributed by atoms with E-state index in [1.807, 2.05) is 42.5 Å². The molecular formula is C23H20ClN3O2. The van der Waals surface area contributed by atoms with Crippen LogP contribution in [0.25, 0.3) is 11.3 Å². The van der Waals surface area contributed by atoms with Crippen molar-refractivity contribution in [1.82, 2.24) is 14.8 Å². The fourth-order valence-corrected chi connectivity index (χ4v) is 3.66. The fraction of sp³-hybridized carbons (Fsp3) is 0.174. The number of pyridine rings is 1. The van der Waals surface area contributed by atoms with Gasteiger partial charge in [-0.25, -0.2) is 0 Å². The van der Waals surface area contributed by atoms with Gasteiger partial charge in [-0.3, -0.25) is 14.6 Å². The quantitative estimate of drug-likeness (QED) is 0.661. The van der Waals surface area contributed by atoms with Gasteiger partial charge in [0, 0.05) is 43.5 Å². The number of hydrogen-bond acceptors (Lipinski definition) is 3. The summed E-state index contributed by atoms with van der Waals surface area (Å²) in [6, 6.07) is 20.2. The van der Waals surface area contributed by atoms with Crippen LogP contribution in [-0.2, 0) is 0 Å². The van der Waals surface area contributed by atoms with Gasteiger partial charge >= 0.3 is 0 Å². The minimum Gasteiger partial charge on any atom is -0.335 e. The van der Waals surface area contributed by atoms with E-state index in [-0.39, 0.29) is 11.8 Å². The molecular weight excluding hydrogens is 386 g/mol. The third-order valence-corrected chi connectivity index (χ3v) is 5.36. The van der Waals surface area contributed by atoms with Gasteiger partial charge < -0.3 is 9.80 Å². The predicted octanol–water partition coefficient (Wildman–Crippen LogP) is 4.00. The van der Waals surface area contributed by atoms with Gasteiger partial charge in [0.2, 0.25) is 0 Å². The van der Waals surface area contributed by atoms with Gasteiger partial charge in [0.1, 0.15) is 0 Å². The molecule has 2 amide bonds. The van der Waals surface area contributed by atoms with Gasteiger partial charge in [-0.2, -0.15) is 0 Å². The maximum Gasteiger partial charge on any atom is 0.255 e. The highest BCUT2D eigenvalue weighted by molar-refractivity contribution is 6.33. The Morgan fingerprint density at radius 3 is 2.17 bits per heavy atom. The van der Waals surface area contributed by atoms with Gasteiger partial charge in [0.05, 0.1) is 16.3 Å². The Labute approximate surface area is 174 Å². The van der Waals surface area contributed by atoms with E-state index in [2.05, 4.69) is 4.98 Å². The molecule has 29 heavy (non-hydrogen) atoms. The van der Waals surface area contributed by atoms with Gasteiger partial charge in [-0.15, -0.1) is 0 Å². The number of carbonyl (C=O) groups is 2. The zero-order valence-corrected chi connectivity index (χ0v) is 16.5. The summed E-state index contributed by atoms with van der Waals surface area (Å²) in [6.07, 6.45) is 1.74. The summed E-state index contributed by atoms with van der Waals surface area (Å²) in [5.74, 6) is -0.132. The zero-order chi connectivity index (χ0) is 20.2. The van der Waals surface area contributed by atoms with Crippen LogP contribution in [0.5, 0.6) is 0 Å². The van der Waals surface area contributed by atoms with Crippen LogP contribution in [0, 0.1) is 0 Å². The Hall–Kier alpha value is -3.18. The van der Waals surface area contributed by atoms with Crippen molar-refractivity contribution in [1.29, 1.82) is 0 Å². The van der Waals surface area contributed by atoms with Crippen LogP contribution in [0.1, 0.15) is 20.7 Å². The number of nitrogens with zero attached hydrogens (tertiary/aromatic N) is 3. The van der Waals surface area contributed by atoms with Crippen molar-refractivity contribution in [2.75, 3.05) is 26.2 Å². The number of halogens is 1. The Morgan fingerprint density at radius 1 is 0.793 bits per heavy atom. The average Bonchev–Trinajstić information content (AvgIpc) is 2.79. The van der Waals surface area contributed by atoms with E-state index in [4.69, 9.17) is 11.6 Å². The smallest absolute Gasteiger partial charge is 0.255 e. The van der Waals surface area contributed by atoms with Crippen molar-refractivity contribution in [3.63, 3.8) is 0 Å². The second kappa shape index (κ2) is 8.45. The topological polar surface area (TPSA) is 53.5 Å². The molecule has 4 rings (SSSR count). The van der Waals surface area contributed by atoms with Crippen LogP contribution in [0.2, 0.25) is 5.02 Å².